The van der Waals surface area contributed by atoms with Gasteiger partial charge < -0.3 is 14.6 Å². The maximum Gasteiger partial charge on any atom is 0.242 e. The molecule has 16 heavy (non-hydrogen) atoms. The number of aldehydes is 1. The summed E-state index contributed by atoms with van der Waals surface area (Å²) in [5, 5.41) is 2.64. The molecule has 2 rings (SSSR count). The fourth-order valence-corrected chi connectivity index (χ4v) is 2.03. The number of anilines is 1. The van der Waals surface area contributed by atoms with E-state index in [1.54, 1.807) is 19.2 Å². The van der Waals surface area contributed by atoms with E-state index >= 15 is 0 Å². The molecule has 1 aliphatic rings. The van der Waals surface area contributed by atoms with Crippen molar-refractivity contribution in [1.29, 1.82) is 0 Å². The van der Waals surface area contributed by atoms with E-state index in [2.05, 4.69) is 5.32 Å². The summed E-state index contributed by atoms with van der Waals surface area (Å²) in [5.41, 5.74) is 0. The van der Waals surface area contributed by atoms with E-state index in [0.717, 1.165) is 19.4 Å². The maximum absolute atomic E-state index is 11.6. The van der Waals surface area contributed by atoms with Gasteiger partial charge in [-0.2, -0.15) is 0 Å². The minimum Gasteiger partial charge on any atom is -0.438 e. The van der Waals surface area contributed by atoms with Gasteiger partial charge in [0.05, 0.1) is 0 Å². The highest BCUT2D eigenvalue weighted by atomic mass is 16.4. The Labute approximate surface area is 93.4 Å². The van der Waals surface area contributed by atoms with Crippen LogP contribution in [0.1, 0.15) is 23.4 Å². The number of hydrogen-bond acceptors (Lipinski definition) is 4. The number of nitrogens with one attached hydrogen (secondary N) is 1. The van der Waals surface area contributed by atoms with E-state index in [1.165, 1.54) is 0 Å². The molecular weight excluding hydrogens is 208 g/mol. The Bertz CT molecular complexity index is 400. The number of rotatable bonds is 3. The van der Waals surface area contributed by atoms with Crippen LogP contribution in [0.5, 0.6) is 0 Å². The average Bonchev–Trinajstić information content (AvgIpc) is 2.95. The van der Waals surface area contributed by atoms with E-state index in [4.69, 9.17) is 4.42 Å². The van der Waals surface area contributed by atoms with Crippen molar-refractivity contribution >= 4 is 18.1 Å². The largest absolute Gasteiger partial charge is 0.438 e. The third-order valence-electron chi connectivity index (χ3n) is 2.81. The van der Waals surface area contributed by atoms with Crippen molar-refractivity contribution < 1.29 is 14.0 Å². The third kappa shape index (κ3) is 1.80. The molecule has 1 atom stereocenters. The topological polar surface area (TPSA) is 62.6 Å². The molecule has 1 fully saturated rings. The summed E-state index contributed by atoms with van der Waals surface area (Å²) in [5.74, 6) is 0.868. The summed E-state index contributed by atoms with van der Waals surface area (Å²) in [7, 11) is 1.62. The van der Waals surface area contributed by atoms with E-state index in [-0.39, 0.29) is 17.7 Å². The monoisotopic (exact) mass is 222 g/mol. The number of hydrogen-bond donors (Lipinski definition) is 1. The molecule has 0 aromatic carbocycles. The van der Waals surface area contributed by atoms with Crippen molar-refractivity contribution in [2.75, 3.05) is 18.5 Å². The molecule has 1 aromatic heterocycles. The summed E-state index contributed by atoms with van der Waals surface area (Å²) in [6.45, 7) is 0.782. The van der Waals surface area contributed by atoms with Gasteiger partial charge in [0.2, 0.25) is 5.91 Å². The van der Waals surface area contributed by atoms with E-state index < -0.39 is 0 Å². The van der Waals surface area contributed by atoms with Crippen molar-refractivity contribution in [1.82, 2.24) is 5.32 Å². The second-order valence-corrected chi connectivity index (χ2v) is 3.76. The molecule has 1 aliphatic heterocycles. The third-order valence-corrected chi connectivity index (χ3v) is 2.81. The highest BCUT2D eigenvalue weighted by Gasteiger charge is 2.31. The first-order chi connectivity index (χ1) is 7.76. The summed E-state index contributed by atoms with van der Waals surface area (Å²) in [6.07, 6.45) is 2.43. The number of likely N-dealkylation sites (N-methyl/N-ethyl adjacent to an activating group) is 1. The lowest BCUT2D eigenvalue weighted by molar-refractivity contribution is -0.121. The molecule has 2 heterocycles. The molecule has 5 nitrogen and oxygen atoms in total. The van der Waals surface area contributed by atoms with Crippen LogP contribution in [0.4, 0.5) is 5.88 Å². The van der Waals surface area contributed by atoms with Gasteiger partial charge in [0.25, 0.3) is 0 Å². The van der Waals surface area contributed by atoms with Crippen LogP contribution in [0.3, 0.4) is 0 Å². The zero-order valence-electron chi connectivity index (χ0n) is 9.10. The molecule has 0 spiro atoms. The Morgan fingerprint density at radius 1 is 1.62 bits per heavy atom. The molecule has 0 radical (unpaired) electrons. The van der Waals surface area contributed by atoms with Crippen molar-refractivity contribution in [3.05, 3.63) is 17.9 Å². The zero-order chi connectivity index (χ0) is 11.5. The zero-order valence-corrected chi connectivity index (χ0v) is 9.10. The Kier molecular flexibility index (Phi) is 2.94. The molecule has 0 aliphatic carbocycles. The highest BCUT2D eigenvalue weighted by molar-refractivity contribution is 5.85. The minimum absolute atomic E-state index is 0.0125. The van der Waals surface area contributed by atoms with Crippen LogP contribution in [0.2, 0.25) is 0 Å². The summed E-state index contributed by atoms with van der Waals surface area (Å²) in [4.78, 5) is 24.0. The number of furan rings is 1. The van der Waals surface area contributed by atoms with Crippen molar-refractivity contribution in [2.24, 2.45) is 0 Å². The van der Waals surface area contributed by atoms with Gasteiger partial charge in [-0.3, -0.25) is 9.59 Å². The number of carbonyl (C=O) groups is 2. The van der Waals surface area contributed by atoms with Crippen molar-refractivity contribution in [2.45, 2.75) is 18.9 Å². The van der Waals surface area contributed by atoms with Crippen LogP contribution in [-0.2, 0) is 4.79 Å². The predicted octanol–water partition coefficient (Wildman–Crippen LogP) is 0.807. The quantitative estimate of drug-likeness (QED) is 0.769. The van der Waals surface area contributed by atoms with E-state index in [9.17, 15) is 9.59 Å². The molecular formula is C11H14N2O3. The first-order valence-electron chi connectivity index (χ1n) is 5.29. The molecule has 1 amide bonds. The Hall–Kier alpha value is -1.78. The first-order valence-corrected chi connectivity index (χ1v) is 5.29. The lowest BCUT2D eigenvalue weighted by Crippen LogP contribution is -2.41. The lowest BCUT2D eigenvalue weighted by Gasteiger charge is -2.22. The first kappa shape index (κ1) is 10.7. The second-order valence-electron chi connectivity index (χ2n) is 3.76. The van der Waals surface area contributed by atoms with Crippen LogP contribution in [0.25, 0.3) is 0 Å². The Balaban J connectivity index is 2.19. The van der Waals surface area contributed by atoms with Gasteiger partial charge in [-0.15, -0.1) is 0 Å². The molecule has 5 heteroatoms. The van der Waals surface area contributed by atoms with Crippen LogP contribution in [0.15, 0.2) is 16.5 Å². The molecule has 86 valence electrons. The Morgan fingerprint density at radius 2 is 2.44 bits per heavy atom. The van der Waals surface area contributed by atoms with Gasteiger partial charge in [0.1, 0.15) is 6.04 Å². The lowest BCUT2D eigenvalue weighted by atomic mass is 10.2. The smallest absolute Gasteiger partial charge is 0.242 e. The molecule has 1 N–H and O–H groups in total. The van der Waals surface area contributed by atoms with Gasteiger partial charge in [0.15, 0.2) is 17.9 Å². The van der Waals surface area contributed by atoms with Gasteiger partial charge in [-0.05, 0) is 18.9 Å². The maximum atomic E-state index is 11.6. The van der Waals surface area contributed by atoms with Gasteiger partial charge in [-0.25, -0.2) is 0 Å². The number of amides is 1. The standard InChI is InChI=1S/C11H14N2O3/c1-12-11(15)9-3-2-6-13(9)10-5-4-8(7-14)16-10/h4-5,7,9H,2-3,6H2,1H3,(H,12,15). The SMILES string of the molecule is CNC(=O)C1CCCN1c1ccc(C=O)o1. The normalized spacial score (nSPS) is 19.8. The van der Waals surface area contributed by atoms with Gasteiger partial charge >= 0.3 is 0 Å². The highest BCUT2D eigenvalue weighted by Crippen LogP contribution is 2.27. The van der Waals surface area contributed by atoms with Crippen molar-refractivity contribution in [3.63, 3.8) is 0 Å². The average molecular weight is 222 g/mol. The number of nitrogens with zero attached hydrogens (tertiary/aromatic N) is 1. The van der Waals surface area contributed by atoms with E-state index in [1.807, 2.05) is 4.90 Å². The van der Waals surface area contributed by atoms with Crippen LogP contribution >= 0.6 is 0 Å². The second kappa shape index (κ2) is 4.38. The minimum atomic E-state index is -0.185. The van der Waals surface area contributed by atoms with Crippen LogP contribution in [-0.4, -0.2) is 31.8 Å². The molecule has 0 saturated carbocycles. The fourth-order valence-electron chi connectivity index (χ4n) is 2.03. The van der Waals surface area contributed by atoms with Gasteiger partial charge in [0, 0.05) is 19.7 Å². The number of carbonyl (C=O) groups excluding carboxylic acids is 2. The molecule has 1 unspecified atom stereocenters. The van der Waals surface area contributed by atoms with Crippen molar-refractivity contribution in [3.8, 4) is 0 Å². The Morgan fingerprint density at radius 3 is 3.06 bits per heavy atom. The van der Waals surface area contributed by atoms with E-state index in [0.29, 0.717) is 12.2 Å². The molecule has 1 aromatic rings. The predicted molar refractivity (Wildman–Crippen MR) is 58.5 cm³/mol. The summed E-state index contributed by atoms with van der Waals surface area (Å²) >= 11 is 0. The summed E-state index contributed by atoms with van der Waals surface area (Å²) < 4.78 is 5.32. The summed E-state index contributed by atoms with van der Waals surface area (Å²) in [6, 6.07) is 3.16. The van der Waals surface area contributed by atoms with Gasteiger partial charge in [-0.1, -0.05) is 0 Å². The van der Waals surface area contributed by atoms with Crippen LogP contribution in [0, 0.1) is 0 Å². The fraction of sp³-hybridized carbons (Fsp3) is 0.455. The van der Waals surface area contributed by atoms with Crippen LogP contribution < -0.4 is 10.2 Å². The molecule has 1 saturated heterocycles. The molecule has 0 bridgehead atoms.